The average Bonchev–Trinajstić information content (AvgIpc) is 2.60. The number of H-pyrrole nitrogens is 1. The molecular weight excluding hydrogens is 358 g/mol. The molecule has 134 valence electrons. The molecule has 1 heterocycles. The first-order valence-electron chi connectivity index (χ1n) is 7.63. The van der Waals surface area contributed by atoms with Crippen molar-refractivity contribution in [2.75, 3.05) is 0 Å². The van der Waals surface area contributed by atoms with Gasteiger partial charge in [0.1, 0.15) is 0 Å². The molecule has 3 rings (SSSR count). The van der Waals surface area contributed by atoms with E-state index in [1.54, 1.807) is 6.07 Å². The summed E-state index contributed by atoms with van der Waals surface area (Å²) in [5.74, 6) is 0. The van der Waals surface area contributed by atoms with Crippen LogP contribution in [-0.4, -0.2) is 18.3 Å². The number of sulfonamides is 1. The van der Waals surface area contributed by atoms with Crippen molar-refractivity contribution >= 4 is 26.6 Å². The van der Waals surface area contributed by atoms with Crippen LogP contribution in [0.5, 0.6) is 0 Å². The van der Waals surface area contributed by atoms with Crippen LogP contribution in [0, 0.1) is 17.0 Å². The summed E-state index contributed by atoms with van der Waals surface area (Å²) in [5.41, 5.74) is 1.18. The van der Waals surface area contributed by atoms with E-state index in [0.717, 1.165) is 17.0 Å². The Morgan fingerprint density at radius 3 is 2.65 bits per heavy atom. The molecule has 0 radical (unpaired) electrons. The van der Waals surface area contributed by atoms with Crippen molar-refractivity contribution in [3.8, 4) is 0 Å². The van der Waals surface area contributed by atoms with Gasteiger partial charge in [0.2, 0.25) is 10.0 Å². The molecule has 0 aliphatic heterocycles. The minimum atomic E-state index is -4.00. The summed E-state index contributed by atoms with van der Waals surface area (Å²) >= 11 is 0. The van der Waals surface area contributed by atoms with E-state index in [-0.39, 0.29) is 22.7 Å². The van der Waals surface area contributed by atoms with Gasteiger partial charge < -0.3 is 4.98 Å². The largest absolute Gasteiger partial charge is 0.322 e. The van der Waals surface area contributed by atoms with Crippen molar-refractivity contribution in [1.29, 1.82) is 0 Å². The highest BCUT2D eigenvalue weighted by Gasteiger charge is 2.18. The first-order chi connectivity index (χ1) is 12.3. The van der Waals surface area contributed by atoms with E-state index in [1.165, 1.54) is 18.2 Å². The molecule has 0 saturated heterocycles. The second kappa shape index (κ2) is 6.70. The summed E-state index contributed by atoms with van der Waals surface area (Å²) in [6.45, 7) is 1.67. The van der Waals surface area contributed by atoms with Crippen LogP contribution in [0.25, 0.3) is 10.9 Å². The van der Waals surface area contributed by atoms with Gasteiger partial charge in [0.15, 0.2) is 0 Å². The summed E-state index contributed by atoms with van der Waals surface area (Å²) < 4.78 is 27.0. The summed E-state index contributed by atoms with van der Waals surface area (Å²) in [6.07, 6.45) is 0. The molecule has 0 spiro atoms. The summed E-state index contributed by atoms with van der Waals surface area (Å²) in [4.78, 5) is 24.8. The monoisotopic (exact) mass is 373 g/mol. The smallest absolute Gasteiger partial charge is 0.270 e. The minimum absolute atomic E-state index is 0.232. The van der Waals surface area contributed by atoms with Crippen molar-refractivity contribution < 1.29 is 13.3 Å². The molecule has 0 fully saturated rings. The van der Waals surface area contributed by atoms with Crippen LogP contribution in [0.4, 0.5) is 5.69 Å². The first kappa shape index (κ1) is 17.8. The zero-order valence-electron chi connectivity index (χ0n) is 13.7. The number of benzene rings is 2. The maximum Gasteiger partial charge on any atom is 0.270 e. The number of nitrogens with zero attached hydrogens (tertiary/aromatic N) is 1. The van der Waals surface area contributed by atoms with E-state index in [1.807, 2.05) is 25.1 Å². The highest BCUT2D eigenvalue weighted by molar-refractivity contribution is 7.89. The Bertz CT molecular complexity index is 1170. The molecule has 0 atom stereocenters. The molecular formula is C17H15N3O5S. The Balaban J connectivity index is 1.88. The van der Waals surface area contributed by atoms with Crippen LogP contribution in [0.15, 0.2) is 58.2 Å². The van der Waals surface area contributed by atoms with E-state index in [2.05, 4.69) is 9.71 Å². The number of rotatable bonds is 5. The number of fused-ring (bicyclic) bond motifs is 1. The number of aryl methyl sites for hydroxylation is 1. The molecule has 0 bridgehead atoms. The van der Waals surface area contributed by atoms with Crippen molar-refractivity contribution in [3.05, 3.63) is 80.1 Å². The number of nitro benzene ring substituents is 1. The number of aromatic nitrogens is 1. The fourth-order valence-electron chi connectivity index (χ4n) is 2.51. The second-order valence-corrected chi connectivity index (χ2v) is 7.56. The number of non-ortho nitro benzene ring substituents is 1. The van der Waals surface area contributed by atoms with Crippen LogP contribution in [0.1, 0.15) is 11.1 Å². The number of hydrogen-bond acceptors (Lipinski definition) is 5. The molecule has 0 amide bonds. The maximum atomic E-state index is 12.4. The maximum absolute atomic E-state index is 12.4. The number of nitrogens with one attached hydrogen (secondary N) is 2. The minimum Gasteiger partial charge on any atom is -0.322 e. The SMILES string of the molecule is Cc1ccc2cc(CNS(=O)(=O)c3cccc([N+](=O)[O-])c3)c(=O)[nH]c2c1. The number of hydrogen-bond donors (Lipinski definition) is 2. The lowest BCUT2D eigenvalue weighted by atomic mass is 10.1. The average molecular weight is 373 g/mol. The molecule has 2 aromatic carbocycles. The highest BCUT2D eigenvalue weighted by atomic mass is 32.2. The summed E-state index contributed by atoms with van der Waals surface area (Å²) in [6, 6.07) is 11.9. The zero-order chi connectivity index (χ0) is 18.9. The van der Waals surface area contributed by atoms with Crippen LogP contribution >= 0.6 is 0 Å². The number of pyridine rings is 1. The number of nitro groups is 1. The molecule has 0 aliphatic carbocycles. The first-order valence-corrected chi connectivity index (χ1v) is 9.11. The fraction of sp³-hybridized carbons (Fsp3) is 0.118. The summed E-state index contributed by atoms with van der Waals surface area (Å²) in [5, 5.41) is 11.6. The molecule has 9 heteroatoms. The third-order valence-corrected chi connectivity index (χ3v) is 5.27. The molecule has 0 unspecified atom stereocenters. The second-order valence-electron chi connectivity index (χ2n) is 5.79. The highest BCUT2D eigenvalue weighted by Crippen LogP contribution is 2.18. The van der Waals surface area contributed by atoms with Gasteiger partial charge in [0, 0.05) is 29.8 Å². The van der Waals surface area contributed by atoms with Gasteiger partial charge in [0.25, 0.3) is 11.2 Å². The predicted molar refractivity (Wildman–Crippen MR) is 96.4 cm³/mol. The Labute approximate surface area is 148 Å². The third-order valence-electron chi connectivity index (χ3n) is 3.87. The van der Waals surface area contributed by atoms with Gasteiger partial charge >= 0.3 is 0 Å². The van der Waals surface area contributed by atoms with E-state index < -0.39 is 20.5 Å². The van der Waals surface area contributed by atoms with Gasteiger partial charge in [0.05, 0.1) is 9.82 Å². The predicted octanol–water partition coefficient (Wildman–Crippen LogP) is 2.22. The van der Waals surface area contributed by atoms with Gasteiger partial charge in [-0.05, 0) is 36.1 Å². The topological polar surface area (TPSA) is 122 Å². The van der Waals surface area contributed by atoms with Crippen molar-refractivity contribution in [2.45, 2.75) is 18.4 Å². The van der Waals surface area contributed by atoms with E-state index in [9.17, 15) is 23.3 Å². The lowest BCUT2D eigenvalue weighted by Gasteiger charge is -2.08. The molecule has 0 saturated carbocycles. The lowest BCUT2D eigenvalue weighted by molar-refractivity contribution is -0.385. The molecule has 0 aliphatic rings. The standard InChI is InChI=1S/C17H15N3O5S/c1-11-5-6-12-8-13(17(21)19-16(12)7-11)10-18-26(24,25)15-4-2-3-14(9-15)20(22)23/h2-9,18H,10H2,1H3,(H,19,21). The quantitative estimate of drug-likeness (QED) is 0.524. The van der Waals surface area contributed by atoms with Gasteiger partial charge in [-0.25, -0.2) is 13.1 Å². The molecule has 3 aromatic rings. The summed E-state index contributed by atoms with van der Waals surface area (Å²) in [7, 11) is -4.00. The van der Waals surface area contributed by atoms with Crippen LogP contribution < -0.4 is 10.3 Å². The third kappa shape index (κ3) is 3.63. The molecule has 8 nitrogen and oxygen atoms in total. The van der Waals surface area contributed by atoms with E-state index in [0.29, 0.717) is 5.52 Å². The Kier molecular flexibility index (Phi) is 4.58. The van der Waals surface area contributed by atoms with Crippen LogP contribution in [0.2, 0.25) is 0 Å². The van der Waals surface area contributed by atoms with Crippen molar-refractivity contribution in [1.82, 2.24) is 9.71 Å². The Morgan fingerprint density at radius 2 is 1.92 bits per heavy atom. The van der Waals surface area contributed by atoms with Gasteiger partial charge in [-0.15, -0.1) is 0 Å². The lowest BCUT2D eigenvalue weighted by Crippen LogP contribution is -2.27. The van der Waals surface area contributed by atoms with Crippen LogP contribution in [-0.2, 0) is 16.6 Å². The van der Waals surface area contributed by atoms with E-state index >= 15 is 0 Å². The fourth-order valence-corrected chi connectivity index (χ4v) is 3.56. The van der Waals surface area contributed by atoms with E-state index in [4.69, 9.17) is 0 Å². The van der Waals surface area contributed by atoms with Crippen molar-refractivity contribution in [2.24, 2.45) is 0 Å². The van der Waals surface area contributed by atoms with Gasteiger partial charge in [-0.1, -0.05) is 18.2 Å². The Hall–Kier alpha value is -3.04. The molecule has 26 heavy (non-hydrogen) atoms. The number of aromatic amines is 1. The van der Waals surface area contributed by atoms with Crippen molar-refractivity contribution in [3.63, 3.8) is 0 Å². The zero-order valence-corrected chi connectivity index (χ0v) is 14.5. The Morgan fingerprint density at radius 1 is 1.15 bits per heavy atom. The van der Waals surface area contributed by atoms with Gasteiger partial charge in [-0.2, -0.15) is 0 Å². The van der Waals surface area contributed by atoms with Gasteiger partial charge in [-0.3, -0.25) is 14.9 Å². The molecule has 1 aromatic heterocycles. The molecule has 2 N–H and O–H groups in total. The van der Waals surface area contributed by atoms with Crippen LogP contribution in [0.3, 0.4) is 0 Å². The normalized spacial score (nSPS) is 11.6.